The van der Waals surface area contributed by atoms with E-state index in [0.717, 1.165) is 6.07 Å². The van der Waals surface area contributed by atoms with E-state index in [2.05, 4.69) is 16.0 Å². The van der Waals surface area contributed by atoms with Crippen LogP contribution in [0.2, 0.25) is 0 Å². The van der Waals surface area contributed by atoms with Crippen molar-refractivity contribution in [2.24, 2.45) is 0 Å². The van der Waals surface area contributed by atoms with Crippen LogP contribution in [0.1, 0.15) is 17.3 Å². The Morgan fingerprint density at radius 1 is 1.26 bits per heavy atom. The van der Waals surface area contributed by atoms with Crippen molar-refractivity contribution in [1.29, 1.82) is 0 Å². The van der Waals surface area contributed by atoms with E-state index >= 15 is 0 Å². The maximum Gasteiger partial charge on any atom is 0.254 e. The number of halogens is 2. The Morgan fingerprint density at radius 3 is 2.53 bits per heavy atom. The van der Waals surface area contributed by atoms with Crippen LogP contribution in [0, 0.1) is 5.82 Å². The Morgan fingerprint density at radius 2 is 1.95 bits per heavy atom. The fourth-order valence-electron chi connectivity index (χ4n) is 1.38. The van der Waals surface area contributed by atoms with Crippen LogP contribution in [0.3, 0.4) is 0 Å². The largest absolute Gasteiger partial charge is 0.351 e. The van der Waals surface area contributed by atoms with Crippen molar-refractivity contribution in [3.63, 3.8) is 0 Å². The van der Waals surface area contributed by atoms with Gasteiger partial charge in [-0.15, -0.1) is 12.4 Å². The lowest BCUT2D eigenvalue weighted by molar-refractivity contribution is -0.114. The predicted octanol–water partition coefficient (Wildman–Crippen LogP) is 1.16. The summed E-state index contributed by atoms with van der Waals surface area (Å²) in [7, 11) is 1.75. The molecule has 0 spiro atoms. The van der Waals surface area contributed by atoms with Gasteiger partial charge in [0, 0.05) is 25.7 Å². The Hall–Kier alpha value is -1.66. The van der Waals surface area contributed by atoms with Gasteiger partial charge in [-0.2, -0.15) is 0 Å². The van der Waals surface area contributed by atoms with Crippen LogP contribution in [0.15, 0.2) is 18.2 Å². The molecule has 0 saturated heterocycles. The van der Waals surface area contributed by atoms with Gasteiger partial charge in [-0.3, -0.25) is 9.59 Å². The van der Waals surface area contributed by atoms with Gasteiger partial charge >= 0.3 is 0 Å². The molecule has 0 aromatic heterocycles. The standard InChI is InChI=1S/C12H16FN3O2.ClH/c1-8(17)16-9-3-4-11(13)10(7-9)12(18)15-6-5-14-2;/h3-4,7,14H,5-6H2,1-2H3,(H,15,18)(H,16,17);1H. The zero-order valence-corrected chi connectivity index (χ0v) is 11.6. The van der Waals surface area contributed by atoms with Gasteiger partial charge < -0.3 is 16.0 Å². The molecular formula is C12H17ClFN3O2. The zero-order chi connectivity index (χ0) is 13.5. The van der Waals surface area contributed by atoms with Crippen LogP contribution >= 0.6 is 12.4 Å². The monoisotopic (exact) mass is 289 g/mol. The molecule has 0 heterocycles. The highest BCUT2D eigenvalue weighted by molar-refractivity contribution is 5.97. The molecule has 0 bridgehead atoms. The lowest BCUT2D eigenvalue weighted by Crippen LogP contribution is -2.31. The van der Waals surface area contributed by atoms with Gasteiger partial charge in [0.1, 0.15) is 5.82 Å². The van der Waals surface area contributed by atoms with E-state index < -0.39 is 11.7 Å². The molecular weight excluding hydrogens is 273 g/mol. The van der Waals surface area contributed by atoms with E-state index in [1.807, 2.05) is 0 Å². The van der Waals surface area contributed by atoms with E-state index in [4.69, 9.17) is 0 Å². The minimum Gasteiger partial charge on any atom is -0.351 e. The molecule has 0 radical (unpaired) electrons. The van der Waals surface area contributed by atoms with Crippen LogP contribution in [-0.4, -0.2) is 32.0 Å². The molecule has 19 heavy (non-hydrogen) atoms. The molecule has 1 aromatic carbocycles. The number of hydrogen-bond donors (Lipinski definition) is 3. The van der Waals surface area contributed by atoms with Crippen LogP contribution in [0.4, 0.5) is 10.1 Å². The summed E-state index contributed by atoms with van der Waals surface area (Å²) in [6, 6.07) is 3.87. The van der Waals surface area contributed by atoms with Crippen LogP contribution in [0.5, 0.6) is 0 Å². The third kappa shape index (κ3) is 5.67. The number of rotatable bonds is 5. The Labute approximate surface area is 117 Å². The first-order chi connectivity index (χ1) is 8.54. The molecule has 0 aliphatic carbocycles. The summed E-state index contributed by atoms with van der Waals surface area (Å²) in [4.78, 5) is 22.6. The molecule has 0 fully saturated rings. The maximum absolute atomic E-state index is 13.5. The van der Waals surface area contributed by atoms with E-state index in [9.17, 15) is 14.0 Å². The molecule has 0 aliphatic rings. The second-order valence-corrected chi connectivity index (χ2v) is 3.74. The Kier molecular flexibility index (Phi) is 7.71. The minimum absolute atomic E-state index is 0. The van der Waals surface area contributed by atoms with Gasteiger partial charge in [-0.05, 0) is 25.2 Å². The van der Waals surface area contributed by atoms with Gasteiger partial charge in [0.25, 0.3) is 5.91 Å². The average Bonchev–Trinajstić information content (AvgIpc) is 2.31. The van der Waals surface area contributed by atoms with Crippen LogP contribution in [0.25, 0.3) is 0 Å². The highest BCUT2D eigenvalue weighted by atomic mass is 35.5. The Balaban J connectivity index is 0.00000324. The highest BCUT2D eigenvalue weighted by Crippen LogP contribution is 2.14. The quantitative estimate of drug-likeness (QED) is 0.712. The summed E-state index contributed by atoms with van der Waals surface area (Å²) in [6.07, 6.45) is 0. The number of hydrogen-bond acceptors (Lipinski definition) is 3. The molecule has 5 nitrogen and oxygen atoms in total. The minimum atomic E-state index is -0.619. The first kappa shape index (κ1) is 17.3. The van der Waals surface area contributed by atoms with Gasteiger partial charge in [-0.1, -0.05) is 0 Å². The van der Waals surface area contributed by atoms with Crippen molar-refractivity contribution in [2.75, 3.05) is 25.5 Å². The second-order valence-electron chi connectivity index (χ2n) is 3.74. The second kappa shape index (κ2) is 8.44. The lowest BCUT2D eigenvalue weighted by atomic mass is 10.1. The smallest absolute Gasteiger partial charge is 0.254 e. The summed E-state index contributed by atoms with van der Waals surface area (Å²) in [6.45, 7) is 2.34. The molecule has 1 aromatic rings. The molecule has 3 N–H and O–H groups in total. The third-order valence-corrected chi connectivity index (χ3v) is 2.19. The first-order valence-electron chi connectivity index (χ1n) is 5.54. The number of carbonyl (C=O) groups is 2. The predicted molar refractivity (Wildman–Crippen MR) is 74.2 cm³/mol. The summed E-state index contributed by atoms with van der Waals surface area (Å²) < 4.78 is 13.5. The van der Waals surface area contributed by atoms with Crippen molar-refractivity contribution in [3.8, 4) is 0 Å². The SMILES string of the molecule is CNCCNC(=O)c1cc(NC(C)=O)ccc1F.Cl. The van der Waals surface area contributed by atoms with Gasteiger partial charge in [-0.25, -0.2) is 4.39 Å². The summed E-state index contributed by atoms with van der Waals surface area (Å²) in [5.41, 5.74) is 0.306. The first-order valence-corrected chi connectivity index (χ1v) is 5.54. The van der Waals surface area contributed by atoms with Gasteiger partial charge in [0.15, 0.2) is 0 Å². The summed E-state index contributed by atoms with van der Waals surface area (Å²) in [5, 5.41) is 7.92. The molecule has 1 rings (SSSR count). The van der Waals surface area contributed by atoms with Crippen molar-refractivity contribution in [3.05, 3.63) is 29.6 Å². The number of carbonyl (C=O) groups excluding carboxylic acids is 2. The number of benzene rings is 1. The van der Waals surface area contributed by atoms with E-state index in [0.29, 0.717) is 18.8 Å². The fourth-order valence-corrected chi connectivity index (χ4v) is 1.38. The maximum atomic E-state index is 13.5. The molecule has 0 unspecified atom stereocenters. The average molecular weight is 290 g/mol. The van der Waals surface area contributed by atoms with Crippen molar-refractivity contribution in [1.82, 2.24) is 10.6 Å². The fraction of sp³-hybridized carbons (Fsp3) is 0.333. The number of amides is 2. The molecule has 7 heteroatoms. The summed E-state index contributed by atoms with van der Waals surface area (Å²) in [5.74, 6) is -1.40. The lowest BCUT2D eigenvalue weighted by Gasteiger charge is -2.08. The normalized spacial score (nSPS) is 9.42. The van der Waals surface area contributed by atoms with Gasteiger partial charge in [0.2, 0.25) is 5.91 Å². The molecule has 106 valence electrons. The zero-order valence-electron chi connectivity index (χ0n) is 10.7. The van der Waals surface area contributed by atoms with Crippen LogP contribution < -0.4 is 16.0 Å². The summed E-state index contributed by atoms with van der Waals surface area (Å²) >= 11 is 0. The third-order valence-electron chi connectivity index (χ3n) is 2.19. The van der Waals surface area contributed by atoms with E-state index in [-0.39, 0.29) is 23.9 Å². The van der Waals surface area contributed by atoms with Crippen molar-refractivity contribution >= 4 is 29.9 Å². The van der Waals surface area contributed by atoms with Crippen molar-refractivity contribution in [2.45, 2.75) is 6.92 Å². The number of nitrogens with one attached hydrogen (secondary N) is 3. The van der Waals surface area contributed by atoms with E-state index in [1.54, 1.807) is 7.05 Å². The molecule has 0 saturated carbocycles. The Bertz CT molecular complexity index is 455. The van der Waals surface area contributed by atoms with Gasteiger partial charge in [0.05, 0.1) is 5.56 Å². The molecule has 0 aliphatic heterocycles. The van der Waals surface area contributed by atoms with Crippen molar-refractivity contribution < 1.29 is 14.0 Å². The molecule has 2 amide bonds. The number of anilines is 1. The highest BCUT2D eigenvalue weighted by Gasteiger charge is 2.12. The number of likely N-dealkylation sites (N-methyl/N-ethyl adjacent to an activating group) is 1. The topological polar surface area (TPSA) is 70.2 Å². The molecule has 0 atom stereocenters. The van der Waals surface area contributed by atoms with E-state index in [1.165, 1.54) is 19.1 Å². The van der Waals surface area contributed by atoms with Crippen LogP contribution in [-0.2, 0) is 4.79 Å².